The van der Waals surface area contributed by atoms with Gasteiger partial charge in [0.2, 0.25) is 5.91 Å². The first-order valence-electron chi connectivity index (χ1n) is 8.73. The van der Waals surface area contributed by atoms with E-state index in [4.69, 9.17) is 0 Å². The van der Waals surface area contributed by atoms with Crippen molar-refractivity contribution in [2.24, 2.45) is 0 Å². The quantitative estimate of drug-likeness (QED) is 0.781. The van der Waals surface area contributed by atoms with Crippen molar-refractivity contribution in [1.82, 2.24) is 0 Å². The molecule has 1 aliphatic rings. The van der Waals surface area contributed by atoms with E-state index in [1.165, 1.54) is 25.6 Å². The van der Waals surface area contributed by atoms with Crippen molar-refractivity contribution < 1.29 is 14.3 Å². The predicted octanol–water partition coefficient (Wildman–Crippen LogP) is 3.12. The van der Waals surface area contributed by atoms with Gasteiger partial charge in [-0.25, -0.2) is 4.79 Å². The summed E-state index contributed by atoms with van der Waals surface area (Å²) >= 11 is 0. The number of benzene rings is 2. The van der Waals surface area contributed by atoms with E-state index in [1.807, 2.05) is 24.3 Å². The van der Waals surface area contributed by atoms with Crippen LogP contribution in [0.2, 0.25) is 0 Å². The number of nitrogens with zero attached hydrogens (tertiary/aromatic N) is 1. The summed E-state index contributed by atoms with van der Waals surface area (Å²) < 4.78 is 4.66. The summed E-state index contributed by atoms with van der Waals surface area (Å²) in [6, 6.07) is 14.7. The SMILES string of the molecule is COC(=O)c1ccc(NCC(=O)Nc2ccc(N3CCCC3)cc2)cc1. The molecule has 0 radical (unpaired) electrons. The van der Waals surface area contributed by atoms with Gasteiger partial charge in [0.1, 0.15) is 0 Å². The summed E-state index contributed by atoms with van der Waals surface area (Å²) in [5, 5.41) is 5.91. The van der Waals surface area contributed by atoms with Gasteiger partial charge in [0, 0.05) is 30.2 Å². The number of ether oxygens (including phenoxy) is 1. The van der Waals surface area contributed by atoms with E-state index >= 15 is 0 Å². The van der Waals surface area contributed by atoms with Crippen molar-refractivity contribution in [1.29, 1.82) is 0 Å². The molecule has 0 bridgehead atoms. The Labute approximate surface area is 153 Å². The largest absolute Gasteiger partial charge is 0.465 e. The highest BCUT2D eigenvalue weighted by molar-refractivity contribution is 5.94. The fourth-order valence-corrected chi connectivity index (χ4v) is 2.96. The Hall–Kier alpha value is -3.02. The highest BCUT2D eigenvalue weighted by Crippen LogP contribution is 2.22. The molecule has 0 saturated carbocycles. The summed E-state index contributed by atoms with van der Waals surface area (Å²) in [6.45, 7) is 2.35. The molecule has 2 aromatic carbocycles. The number of carbonyl (C=O) groups excluding carboxylic acids is 2. The molecule has 1 fully saturated rings. The van der Waals surface area contributed by atoms with Crippen LogP contribution in [0.4, 0.5) is 17.1 Å². The van der Waals surface area contributed by atoms with E-state index in [-0.39, 0.29) is 18.4 Å². The highest BCUT2D eigenvalue weighted by Gasteiger charge is 2.12. The summed E-state index contributed by atoms with van der Waals surface area (Å²) in [5.74, 6) is -0.511. The molecular weight excluding hydrogens is 330 g/mol. The Bertz CT molecular complexity index is 751. The number of methoxy groups -OCH3 is 1. The van der Waals surface area contributed by atoms with Gasteiger partial charge in [-0.1, -0.05) is 0 Å². The van der Waals surface area contributed by atoms with Gasteiger partial charge in [-0.3, -0.25) is 4.79 Å². The van der Waals surface area contributed by atoms with E-state index in [0.29, 0.717) is 5.56 Å². The maximum atomic E-state index is 12.1. The van der Waals surface area contributed by atoms with Gasteiger partial charge in [-0.15, -0.1) is 0 Å². The zero-order chi connectivity index (χ0) is 18.4. The number of carbonyl (C=O) groups is 2. The van der Waals surface area contributed by atoms with Crippen molar-refractivity contribution in [3.63, 3.8) is 0 Å². The molecule has 2 N–H and O–H groups in total. The van der Waals surface area contributed by atoms with Gasteiger partial charge in [-0.05, 0) is 61.4 Å². The summed E-state index contributed by atoms with van der Waals surface area (Å²) in [7, 11) is 1.34. The normalized spacial score (nSPS) is 13.3. The first-order chi connectivity index (χ1) is 12.7. The van der Waals surface area contributed by atoms with E-state index < -0.39 is 0 Å². The third-order valence-corrected chi connectivity index (χ3v) is 4.38. The molecule has 0 spiro atoms. The molecule has 0 unspecified atom stereocenters. The minimum Gasteiger partial charge on any atom is -0.465 e. The number of rotatable bonds is 6. The molecule has 6 heteroatoms. The molecule has 0 aliphatic carbocycles. The minimum absolute atomic E-state index is 0.129. The number of hydrogen-bond acceptors (Lipinski definition) is 5. The van der Waals surface area contributed by atoms with Crippen LogP contribution in [0.3, 0.4) is 0 Å². The highest BCUT2D eigenvalue weighted by atomic mass is 16.5. The average Bonchev–Trinajstić information content (AvgIpc) is 3.21. The number of nitrogens with one attached hydrogen (secondary N) is 2. The van der Waals surface area contributed by atoms with Crippen LogP contribution in [0.1, 0.15) is 23.2 Å². The van der Waals surface area contributed by atoms with E-state index in [9.17, 15) is 9.59 Å². The number of esters is 1. The second-order valence-electron chi connectivity index (χ2n) is 6.21. The zero-order valence-corrected chi connectivity index (χ0v) is 14.8. The Balaban J connectivity index is 1.48. The molecular formula is C20H23N3O3. The van der Waals surface area contributed by atoms with Crippen molar-refractivity contribution in [3.05, 3.63) is 54.1 Å². The van der Waals surface area contributed by atoms with Gasteiger partial charge >= 0.3 is 5.97 Å². The van der Waals surface area contributed by atoms with Crippen LogP contribution < -0.4 is 15.5 Å². The van der Waals surface area contributed by atoms with Crippen molar-refractivity contribution in [2.45, 2.75) is 12.8 Å². The maximum absolute atomic E-state index is 12.1. The first kappa shape index (κ1) is 17.8. The van der Waals surface area contributed by atoms with Crippen LogP contribution >= 0.6 is 0 Å². The Morgan fingerprint density at radius 3 is 2.19 bits per heavy atom. The molecule has 3 rings (SSSR count). The Morgan fingerprint density at radius 1 is 0.962 bits per heavy atom. The summed E-state index contributed by atoms with van der Waals surface area (Å²) in [4.78, 5) is 25.8. The number of anilines is 3. The lowest BCUT2D eigenvalue weighted by molar-refractivity contribution is -0.114. The molecule has 1 aliphatic heterocycles. The van der Waals surface area contributed by atoms with Gasteiger partial charge in [0.25, 0.3) is 0 Å². The minimum atomic E-state index is -0.383. The van der Waals surface area contributed by atoms with Crippen LogP contribution in [-0.4, -0.2) is 38.6 Å². The Kier molecular flexibility index (Phi) is 5.73. The van der Waals surface area contributed by atoms with Crippen LogP contribution in [0.5, 0.6) is 0 Å². The molecule has 2 aromatic rings. The first-order valence-corrected chi connectivity index (χ1v) is 8.73. The summed E-state index contributed by atoms with van der Waals surface area (Å²) in [6.07, 6.45) is 2.48. The summed E-state index contributed by atoms with van der Waals surface area (Å²) in [5.41, 5.74) is 3.21. The third-order valence-electron chi connectivity index (χ3n) is 4.38. The number of amides is 1. The van der Waals surface area contributed by atoms with Crippen LogP contribution in [0.25, 0.3) is 0 Å². The van der Waals surface area contributed by atoms with E-state index in [1.54, 1.807) is 24.3 Å². The fourth-order valence-electron chi connectivity index (χ4n) is 2.96. The third kappa shape index (κ3) is 4.53. The van der Waals surface area contributed by atoms with E-state index in [0.717, 1.165) is 24.5 Å². The molecule has 136 valence electrons. The fraction of sp³-hybridized carbons (Fsp3) is 0.300. The van der Waals surface area contributed by atoms with Crippen LogP contribution in [-0.2, 0) is 9.53 Å². The maximum Gasteiger partial charge on any atom is 0.337 e. The smallest absolute Gasteiger partial charge is 0.337 e. The van der Waals surface area contributed by atoms with Gasteiger partial charge in [-0.2, -0.15) is 0 Å². The van der Waals surface area contributed by atoms with Gasteiger partial charge < -0.3 is 20.3 Å². The molecule has 0 aromatic heterocycles. The Morgan fingerprint density at radius 2 is 1.58 bits per heavy atom. The molecule has 1 saturated heterocycles. The standard InChI is InChI=1S/C20H23N3O3/c1-26-20(25)15-4-6-16(7-5-15)21-14-19(24)22-17-8-10-18(11-9-17)23-12-2-3-13-23/h4-11,21H,2-3,12-14H2,1H3,(H,22,24). The van der Waals surface area contributed by atoms with E-state index in [2.05, 4.69) is 20.3 Å². The second kappa shape index (κ2) is 8.38. The average molecular weight is 353 g/mol. The zero-order valence-electron chi connectivity index (χ0n) is 14.8. The monoisotopic (exact) mass is 353 g/mol. The second-order valence-corrected chi connectivity index (χ2v) is 6.21. The molecule has 0 atom stereocenters. The molecule has 1 amide bonds. The van der Waals surface area contributed by atoms with Crippen molar-refractivity contribution >= 4 is 28.9 Å². The van der Waals surface area contributed by atoms with Gasteiger partial charge in [0.15, 0.2) is 0 Å². The lowest BCUT2D eigenvalue weighted by Crippen LogP contribution is -2.22. The predicted molar refractivity (Wildman–Crippen MR) is 103 cm³/mol. The lowest BCUT2D eigenvalue weighted by Gasteiger charge is -2.17. The number of hydrogen-bond donors (Lipinski definition) is 2. The molecule has 26 heavy (non-hydrogen) atoms. The topological polar surface area (TPSA) is 70.7 Å². The molecule has 1 heterocycles. The van der Waals surface area contributed by atoms with Crippen molar-refractivity contribution in [3.8, 4) is 0 Å². The lowest BCUT2D eigenvalue weighted by atomic mass is 10.2. The van der Waals surface area contributed by atoms with Crippen LogP contribution in [0.15, 0.2) is 48.5 Å². The molecule has 6 nitrogen and oxygen atoms in total. The van der Waals surface area contributed by atoms with Crippen LogP contribution in [0, 0.1) is 0 Å². The van der Waals surface area contributed by atoms with Gasteiger partial charge in [0.05, 0.1) is 19.2 Å². The van der Waals surface area contributed by atoms with Crippen molar-refractivity contribution in [2.75, 3.05) is 42.3 Å².